The fourth-order valence-corrected chi connectivity index (χ4v) is 0.878. The second-order valence-corrected chi connectivity index (χ2v) is 3.78. The normalized spacial score (nSPS) is 22.7. The first-order valence-electron chi connectivity index (χ1n) is 4.04. The van der Waals surface area contributed by atoms with E-state index in [1.54, 1.807) is 20.8 Å². The molecule has 5 nitrogen and oxygen atoms in total. The molecule has 0 saturated carbocycles. The molecule has 1 aliphatic rings. The van der Waals surface area contributed by atoms with Gasteiger partial charge in [0.25, 0.3) is 6.23 Å². The number of esters is 2. The van der Waals surface area contributed by atoms with Crippen LogP contribution in [0.4, 0.5) is 0 Å². The van der Waals surface area contributed by atoms with E-state index in [0.29, 0.717) is 0 Å². The number of hydrogen-bond acceptors (Lipinski definition) is 5. The number of hydrogen-bond donors (Lipinski definition) is 1. The third-order valence-electron chi connectivity index (χ3n) is 1.30. The Morgan fingerprint density at radius 1 is 1.62 bits per heavy atom. The van der Waals surface area contributed by atoms with Crippen molar-refractivity contribution in [2.75, 3.05) is 6.54 Å². The molecule has 1 saturated heterocycles. The number of carbonyl (C=O) groups is 2. The van der Waals surface area contributed by atoms with Crippen LogP contribution in [-0.4, -0.2) is 30.3 Å². The topological polar surface area (TPSA) is 64.6 Å². The molecule has 1 atom stereocenters. The molecule has 74 valence electrons. The van der Waals surface area contributed by atoms with Gasteiger partial charge >= 0.3 is 11.9 Å². The molecule has 0 radical (unpaired) electrons. The van der Waals surface area contributed by atoms with E-state index in [4.69, 9.17) is 4.74 Å². The van der Waals surface area contributed by atoms with Gasteiger partial charge in [0, 0.05) is 0 Å². The van der Waals surface area contributed by atoms with Gasteiger partial charge < -0.3 is 9.47 Å². The van der Waals surface area contributed by atoms with Gasteiger partial charge in [-0.25, -0.2) is 4.79 Å². The lowest BCUT2D eigenvalue weighted by atomic mass is 10.2. The minimum absolute atomic E-state index is 0.0594. The van der Waals surface area contributed by atoms with Crippen LogP contribution in [0.3, 0.4) is 0 Å². The third-order valence-corrected chi connectivity index (χ3v) is 1.30. The van der Waals surface area contributed by atoms with Crippen molar-refractivity contribution in [3.05, 3.63) is 0 Å². The van der Waals surface area contributed by atoms with Crippen molar-refractivity contribution in [1.29, 1.82) is 0 Å². The fourth-order valence-electron chi connectivity index (χ4n) is 0.878. The van der Waals surface area contributed by atoms with Crippen LogP contribution in [0.15, 0.2) is 0 Å². The molecule has 1 unspecified atom stereocenters. The number of nitrogens with one attached hydrogen (secondary N) is 1. The average molecular weight is 187 g/mol. The summed E-state index contributed by atoms with van der Waals surface area (Å²) >= 11 is 0. The van der Waals surface area contributed by atoms with Crippen LogP contribution in [0, 0.1) is 0 Å². The van der Waals surface area contributed by atoms with Crippen molar-refractivity contribution in [2.24, 2.45) is 0 Å². The zero-order valence-corrected chi connectivity index (χ0v) is 7.92. The first-order valence-corrected chi connectivity index (χ1v) is 4.04. The quantitative estimate of drug-likeness (QED) is 0.576. The second kappa shape index (κ2) is 3.33. The highest BCUT2D eigenvalue weighted by atomic mass is 16.6. The maximum absolute atomic E-state index is 11.2. The molecule has 1 N–H and O–H groups in total. The van der Waals surface area contributed by atoms with Crippen molar-refractivity contribution < 1.29 is 19.1 Å². The van der Waals surface area contributed by atoms with E-state index < -0.39 is 23.8 Å². The van der Waals surface area contributed by atoms with Crippen LogP contribution in [0.1, 0.15) is 20.8 Å². The van der Waals surface area contributed by atoms with E-state index in [1.165, 1.54) is 0 Å². The van der Waals surface area contributed by atoms with Crippen LogP contribution in [0.5, 0.6) is 0 Å². The first kappa shape index (κ1) is 9.98. The zero-order valence-electron chi connectivity index (χ0n) is 7.92. The lowest BCUT2D eigenvalue weighted by Crippen LogP contribution is -2.38. The summed E-state index contributed by atoms with van der Waals surface area (Å²) in [6.07, 6.45) is -0.938. The lowest BCUT2D eigenvalue weighted by molar-refractivity contribution is -0.171. The van der Waals surface area contributed by atoms with E-state index in [9.17, 15) is 9.59 Å². The summed E-state index contributed by atoms with van der Waals surface area (Å²) in [4.78, 5) is 21.9. The average Bonchev–Trinajstić information content (AvgIpc) is 2.31. The van der Waals surface area contributed by atoms with Gasteiger partial charge in [-0.15, -0.1) is 0 Å². The van der Waals surface area contributed by atoms with Gasteiger partial charge in [-0.2, -0.15) is 0 Å². The Bertz CT molecular complexity index is 231. The number of carbonyl (C=O) groups excluding carboxylic acids is 2. The molecule has 0 aromatic carbocycles. The van der Waals surface area contributed by atoms with Gasteiger partial charge in [-0.05, 0) is 20.8 Å². The molecular formula is C8H13NO4. The lowest BCUT2D eigenvalue weighted by Gasteiger charge is -2.21. The number of ether oxygens (including phenoxy) is 2. The molecule has 1 fully saturated rings. The van der Waals surface area contributed by atoms with Crippen LogP contribution >= 0.6 is 0 Å². The third kappa shape index (κ3) is 3.02. The van der Waals surface area contributed by atoms with E-state index in [2.05, 4.69) is 10.1 Å². The summed E-state index contributed by atoms with van der Waals surface area (Å²) in [7, 11) is 0. The molecular weight excluding hydrogens is 174 g/mol. The molecule has 13 heavy (non-hydrogen) atoms. The molecule has 1 rings (SSSR count). The van der Waals surface area contributed by atoms with Gasteiger partial charge in [-0.1, -0.05) is 0 Å². The van der Waals surface area contributed by atoms with Crippen molar-refractivity contribution in [2.45, 2.75) is 32.6 Å². The summed E-state index contributed by atoms with van der Waals surface area (Å²) < 4.78 is 9.64. The Balaban J connectivity index is 2.45. The molecule has 0 aromatic rings. The van der Waals surface area contributed by atoms with Gasteiger partial charge in [0.1, 0.15) is 5.60 Å². The van der Waals surface area contributed by atoms with E-state index in [1.807, 2.05) is 0 Å². The fraction of sp³-hybridized carbons (Fsp3) is 0.750. The molecule has 0 spiro atoms. The van der Waals surface area contributed by atoms with Gasteiger partial charge in [0.2, 0.25) is 0 Å². The molecule has 1 heterocycles. The smallest absolute Gasteiger partial charge is 0.363 e. The molecule has 5 heteroatoms. The SMILES string of the molecule is CC(C)(C)OC(=O)C1NCC(=O)O1. The summed E-state index contributed by atoms with van der Waals surface area (Å²) in [5.41, 5.74) is -0.562. The maximum atomic E-state index is 11.2. The van der Waals surface area contributed by atoms with E-state index in [-0.39, 0.29) is 6.54 Å². The van der Waals surface area contributed by atoms with Crippen molar-refractivity contribution >= 4 is 11.9 Å². The highest BCUT2D eigenvalue weighted by Gasteiger charge is 2.32. The highest BCUT2D eigenvalue weighted by molar-refractivity contribution is 5.83. The maximum Gasteiger partial charge on any atom is 0.363 e. The van der Waals surface area contributed by atoms with Crippen LogP contribution < -0.4 is 5.32 Å². The van der Waals surface area contributed by atoms with Crippen molar-refractivity contribution in [1.82, 2.24) is 5.32 Å². The second-order valence-electron chi connectivity index (χ2n) is 3.78. The molecule has 0 amide bonds. The van der Waals surface area contributed by atoms with Gasteiger partial charge in [-0.3, -0.25) is 10.1 Å². The van der Waals surface area contributed by atoms with Crippen LogP contribution in [0.2, 0.25) is 0 Å². The molecule has 0 bridgehead atoms. The molecule has 0 aromatic heterocycles. The number of rotatable bonds is 1. The monoisotopic (exact) mass is 187 g/mol. The predicted octanol–water partition coefficient (Wildman–Crippen LogP) is -0.199. The minimum atomic E-state index is -0.938. The predicted molar refractivity (Wildman–Crippen MR) is 43.7 cm³/mol. The summed E-state index contributed by atoms with van der Waals surface area (Å²) in [6, 6.07) is 0. The van der Waals surface area contributed by atoms with Gasteiger partial charge in [0.15, 0.2) is 0 Å². The Hall–Kier alpha value is -1.10. The Labute approximate surface area is 76.4 Å². The summed E-state index contributed by atoms with van der Waals surface area (Å²) in [5.74, 6) is -0.991. The minimum Gasteiger partial charge on any atom is -0.456 e. The molecule has 1 aliphatic heterocycles. The summed E-state index contributed by atoms with van der Waals surface area (Å²) in [6.45, 7) is 5.31. The first-order chi connectivity index (χ1) is 5.88. The molecule has 0 aliphatic carbocycles. The van der Waals surface area contributed by atoms with Crippen molar-refractivity contribution in [3.63, 3.8) is 0 Å². The van der Waals surface area contributed by atoms with E-state index in [0.717, 1.165) is 0 Å². The van der Waals surface area contributed by atoms with Crippen LogP contribution in [-0.2, 0) is 19.1 Å². The van der Waals surface area contributed by atoms with Crippen LogP contribution in [0.25, 0.3) is 0 Å². The standard InChI is InChI=1S/C8H13NO4/c1-8(2,3)13-7(11)6-9-4-5(10)12-6/h6,9H,4H2,1-3H3. The van der Waals surface area contributed by atoms with E-state index >= 15 is 0 Å². The highest BCUT2D eigenvalue weighted by Crippen LogP contribution is 2.10. The van der Waals surface area contributed by atoms with Gasteiger partial charge in [0.05, 0.1) is 6.54 Å². The Morgan fingerprint density at radius 2 is 2.23 bits per heavy atom. The Morgan fingerprint density at radius 3 is 2.62 bits per heavy atom. The largest absolute Gasteiger partial charge is 0.456 e. The summed E-state index contributed by atoms with van der Waals surface area (Å²) in [5, 5.41) is 2.58. The number of cyclic esters (lactones) is 1. The van der Waals surface area contributed by atoms with Crippen molar-refractivity contribution in [3.8, 4) is 0 Å². The zero-order chi connectivity index (χ0) is 10.1. The Kier molecular flexibility index (Phi) is 2.56.